The number of aliphatic hydroxyl groups is 1. The van der Waals surface area contributed by atoms with Crippen LogP contribution in [0.4, 0.5) is 5.82 Å². The van der Waals surface area contributed by atoms with E-state index in [9.17, 15) is 9.90 Å². The number of carbonyl (C=O) groups excluding carboxylic acids is 1. The highest BCUT2D eigenvalue weighted by Crippen LogP contribution is 2.31. The Morgan fingerprint density at radius 1 is 1.26 bits per heavy atom. The van der Waals surface area contributed by atoms with E-state index in [-0.39, 0.29) is 36.2 Å². The van der Waals surface area contributed by atoms with E-state index >= 15 is 0 Å². The molecule has 0 saturated carbocycles. The van der Waals surface area contributed by atoms with Crippen LogP contribution in [0.5, 0.6) is 11.8 Å². The number of aromatic nitrogens is 3. The number of aliphatic hydroxyl groups excluding tert-OH is 1. The van der Waals surface area contributed by atoms with Crippen molar-refractivity contribution in [2.75, 3.05) is 25.6 Å². The highest BCUT2D eigenvalue weighted by atomic mass is 35.5. The molecule has 0 bridgehead atoms. The van der Waals surface area contributed by atoms with Gasteiger partial charge in [-0.1, -0.05) is 23.7 Å². The topological polar surface area (TPSA) is 128 Å². The van der Waals surface area contributed by atoms with Gasteiger partial charge in [-0.25, -0.2) is 4.98 Å². The van der Waals surface area contributed by atoms with Gasteiger partial charge in [0.05, 0.1) is 36.4 Å². The highest BCUT2D eigenvalue weighted by Gasteiger charge is 2.48. The molecule has 3 N–H and O–H groups in total. The van der Waals surface area contributed by atoms with Crippen LogP contribution in [0, 0.1) is 0 Å². The van der Waals surface area contributed by atoms with Gasteiger partial charge in [-0.15, -0.1) is 0 Å². The molecule has 2 aliphatic heterocycles. The lowest BCUT2D eigenvalue weighted by molar-refractivity contribution is 0.00706. The fourth-order valence-corrected chi connectivity index (χ4v) is 3.93. The molecule has 2 aliphatic rings. The minimum absolute atomic E-state index is 0.162. The number of methoxy groups -OCH3 is 1. The number of rotatable bonds is 5. The molecule has 2 saturated heterocycles. The van der Waals surface area contributed by atoms with Gasteiger partial charge >= 0.3 is 0 Å². The molecule has 31 heavy (non-hydrogen) atoms. The van der Waals surface area contributed by atoms with Gasteiger partial charge in [0.25, 0.3) is 11.9 Å². The Kier molecular flexibility index (Phi) is 5.14. The van der Waals surface area contributed by atoms with Crippen molar-refractivity contribution in [3.05, 3.63) is 40.9 Å². The van der Waals surface area contributed by atoms with Crippen LogP contribution in [0.2, 0.25) is 5.02 Å². The summed E-state index contributed by atoms with van der Waals surface area (Å²) in [7, 11) is 1.49. The van der Waals surface area contributed by atoms with Crippen LogP contribution in [0.15, 0.2) is 30.3 Å². The average molecular weight is 447 g/mol. The van der Waals surface area contributed by atoms with Crippen LogP contribution >= 0.6 is 11.6 Å². The number of H-pyrrole nitrogens is 1. The van der Waals surface area contributed by atoms with Gasteiger partial charge in [-0.2, -0.15) is 4.98 Å². The fraction of sp³-hybridized carbons (Fsp3) is 0.350. The maximum absolute atomic E-state index is 12.7. The fourth-order valence-electron chi connectivity index (χ4n) is 3.73. The monoisotopic (exact) mass is 446 g/mol. The molecule has 1 aromatic carbocycles. The van der Waals surface area contributed by atoms with Gasteiger partial charge < -0.3 is 34.4 Å². The average Bonchev–Trinajstić information content (AvgIpc) is 3.45. The number of aromatic amines is 1. The summed E-state index contributed by atoms with van der Waals surface area (Å²) in [5.74, 6) is 0.183. The van der Waals surface area contributed by atoms with Crippen LogP contribution < -0.4 is 14.8 Å². The van der Waals surface area contributed by atoms with Crippen molar-refractivity contribution in [3.8, 4) is 11.8 Å². The van der Waals surface area contributed by atoms with Crippen molar-refractivity contribution < 1.29 is 28.8 Å². The molecule has 3 aromatic rings. The Morgan fingerprint density at radius 2 is 2.06 bits per heavy atom. The number of ether oxygens (including phenoxy) is 4. The molecule has 4 atom stereocenters. The first-order valence-corrected chi connectivity index (χ1v) is 10.00. The van der Waals surface area contributed by atoms with Crippen molar-refractivity contribution >= 4 is 34.5 Å². The van der Waals surface area contributed by atoms with E-state index in [1.807, 2.05) is 0 Å². The van der Waals surface area contributed by atoms with E-state index < -0.39 is 24.2 Å². The number of nitrogens with one attached hydrogen (secondary N) is 2. The Morgan fingerprint density at radius 3 is 2.90 bits per heavy atom. The smallest absolute Gasteiger partial charge is 0.296 e. The van der Waals surface area contributed by atoms with Gasteiger partial charge in [-0.05, 0) is 18.2 Å². The zero-order chi connectivity index (χ0) is 21.5. The first-order chi connectivity index (χ1) is 15.0. The number of para-hydroxylation sites is 1. The lowest BCUT2D eigenvalue weighted by Gasteiger charge is -2.15. The van der Waals surface area contributed by atoms with Crippen LogP contribution in [-0.4, -0.2) is 70.7 Å². The first kappa shape index (κ1) is 20.0. The number of imidazole rings is 1. The Bertz CT molecular complexity index is 1140. The van der Waals surface area contributed by atoms with Gasteiger partial charge in [0, 0.05) is 0 Å². The number of hydrogen-bond acceptors (Lipinski definition) is 8. The lowest BCUT2D eigenvalue weighted by atomic mass is 10.1. The summed E-state index contributed by atoms with van der Waals surface area (Å²) < 4.78 is 22.2. The van der Waals surface area contributed by atoms with E-state index in [1.165, 1.54) is 7.11 Å². The van der Waals surface area contributed by atoms with Crippen molar-refractivity contribution in [3.63, 3.8) is 0 Å². The summed E-state index contributed by atoms with van der Waals surface area (Å²) >= 11 is 6.31. The van der Waals surface area contributed by atoms with Crippen LogP contribution in [0.1, 0.15) is 10.4 Å². The number of halogens is 1. The zero-order valence-corrected chi connectivity index (χ0v) is 17.1. The standard InChI is InChI=1S/C20H19ClN4O6/c1-28-13-5-3-2-4-9(13)19(27)24-17-10(21)6-11-18(23-17)25-20(22-11)31-14-8-30-15-12(26)7-29-16(14)15/h2-6,12,14-16,26H,7-8H2,1H3,(H2,22,23,24,25,27)/t12-,14-,15-,16-/m1/s1. The minimum Gasteiger partial charge on any atom is -0.496 e. The third-order valence-corrected chi connectivity index (χ3v) is 5.52. The molecule has 0 unspecified atom stereocenters. The largest absolute Gasteiger partial charge is 0.496 e. The summed E-state index contributed by atoms with van der Waals surface area (Å²) in [4.78, 5) is 24.3. The van der Waals surface area contributed by atoms with Crippen LogP contribution in [-0.2, 0) is 9.47 Å². The molecule has 10 nitrogen and oxygen atoms in total. The predicted octanol–water partition coefficient (Wildman–Crippen LogP) is 1.78. The van der Waals surface area contributed by atoms with Crippen molar-refractivity contribution in [1.29, 1.82) is 0 Å². The van der Waals surface area contributed by atoms with Gasteiger partial charge in [0.15, 0.2) is 17.6 Å². The first-order valence-electron chi connectivity index (χ1n) is 9.62. The molecule has 2 aromatic heterocycles. The predicted molar refractivity (Wildman–Crippen MR) is 110 cm³/mol. The van der Waals surface area contributed by atoms with Crippen molar-refractivity contribution in [1.82, 2.24) is 15.0 Å². The number of fused-ring (bicyclic) bond motifs is 2. The third kappa shape index (κ3) is 3.68. The minimum atomic E-state index is -0.663. The molecule has 1 amide bonds. The number of anilines is 1. The summed E-state index contributed by atoms with van der Waals surface area (Å²) in [6.45, 7) is 0.486. The third-order valence-electron chi connectivity index (χ3n) is 5.23. The maximum atomic E-state index is 12.7. The highest BCUT2D eigenvalue weighted by molar-refractivity contribution is 6.34. The second-order valence-corrected chi connectivity index (χ2v) is 7.61. The molecule has 0 aliphatic carbocycles. The Labute approximate surface area is 181 Å². The van der Waals surface area contributed by atoms with Crippen LogP contribution in [0.25, 0.3) is 11.2 Å². The number of benzene rings is 1. The number of amides is 1. The van der Waals surface area contributed by atoms with E-state index in [2.05, 4.69) is 20.3 Å². The second kappa shape index (κ2) is 7.97. The van der Waals surface area contributed by atoms with Gasteiger partial charge in [0.1, 0.15) is 24.1 Å². The molecular formula is C20H19ClN4O6. The number of pyridine rings is 1. The number of hydrogen-bond donors (Lipinski definition) is 3. The quantitative estimate of drug-likeness (QED) is 0.541. The normalized spacial score (nSPS) is 24.9. The Balaban J connectivity index is 1.35. The maximum Gasteiger partial charge on any atom is 0.296 e. The Hall–Kier alpha value is -2.92. The summed E-state index contributed by atoms with van der Waals surface area (Å²) in [5, 5.41) is 12.8. The molecular weight excluding hydrogens is 428 g/mol. The summed E-state index contributed by atoms with van der Waals surface area (Å²) in [5.41, 5.74) is 1.21. The van der Waals surface area contributed by atoms with Gasteiger partial charge in [0.2, 0.25) is 0 Å². The summed E-state index contributed by atoms with van der Waals surface area (Å²) in [6, 6.07) is 8.65. The SMILES string of the molecule is COc1ccccc1C(=O)Nc1nc2nc(O[C@@H]3CO[C@H]4[C@@H]3OC[C@H]4O)[nH]c2cc1Cl. The van der Waals surface area contributed by atoms with Crippen molar-refractivity contribution in [2.45, 2.75) is 24.4 Å². The van der Waals surface area contributed by atoms with E-state index in [0.29, 0.717) is 22.5 Å². The molecule has 2 fully saturated rings. The number of carbonyl (C=O) groups is 1. The molecule has 5 rings (SSSR count). The van der Waals surface area contributed by atoms with Gasteiger partial charge in [-0.3, -0.25) is 4.79 Å². The molecule has 162 valence electrons. The van der Waals surface area contributed by atoms with E-state index in [0.717, 1.165) is 0 Å². The van der Waals surface area contributed by atoms with Crippen LogP contribution in [0.3, 0.4) is 0 Å². The van der Waals surface area contributed by atoms with E-state index in [4.69, 9.17) is 30.5 Å². The lowest BCUT2D eigenvalue weighted by Crippen LogP contribution is -2.34. The number of nitrogens with zero attached hydrogens (tertiary/aromatic N) is 2. The zero-order valence-electron chi connectivity index (χ0n) is 16.4. The molecule has 0 spiro atoms. The van der Waals surface area contributed by atoms with Crippen molar-refractivity contribution in [2.24, 2.45) is 0 Å². The summed E-state index contributed by atoms with van der Waals surface area (Å²) in [6.07, 6.45) is -1.85. The molecule has 11 heteroatoms. The molecule has 0 radical (unpaired) electrons. The van der Waals surface area contributed by atoms with E-state index in [1.54, 1.807) is 30.3 Å². The molecule has 4 heterocycles. The second-order valence-electron chi connectivity index (χ2n) is 7.21.